The fraction of sp³-hybridized carbons (Fsp3) is 0.515. The number of esters is 1. The highest BCUT2D eigenvalue weighted by molar-refractivity contribution is 7.99. The van der Waals surface area contributed by atoms with Gasteiger partial charge in [-0.15, -0.1) is 11.8 Å². The minimum Gasteiger partial charge on any atom is -0.490 e. The molecule has 2 aromatic rings. The first-order valence-corrected chi connectivity index (χ1v) is 15.2. The van der Waals surface area contributed by atoms with Gasteiger partial charge < -0.3 is 19.5 Å². The number of hydrogen-bond acceptors (Lipinski definition) is 6. The molecular formula is C33H49NO5S. The Labute approximate surface area is 246 Å². The van der Waals surface area contributed by atoms with E-state index in [4.69, 9.17) is 14.2 Å². The third kappa shape index (κ3) is 11.3. The third-order valence-corrected chi connectivity index (χ3v) is 7.92. The Morgan fingerprint density at radius 2 is 1.55 bits per heavy atom. The Morgan fingerprint density at radius 1 is 0.925 bits per heavy atom. The molecule has 0 bridgehead atoms. The molecule has 2 unspecified atom stereocenters. The first kappa shape index (κ1) is 33.3. The second-order valence-electron chi connectivity index (χ2n) is 11.2. The lowest BCUT2D eigenvalue weighted by Crippen LogP contribution is -2.35. The van der Waals surface area contributed by atoms with Crippen LogP contribution in [0.3, 0.4) is 0 Å². The van der Waals surface area contributed by atoms with Crippen LogP contribution in [0, 0.1) is 23.7 Å². The normalized spacial score (nSPS) is 12.9. The molecule has 1 N–H and O–H groups in total. The Kier molecular flexibility index (Phi) is 14.2. The first-order valence-electron chi connectivity index (χ1n) is 14.2. The summed E-state index contributed by atoms with van der Waals surface area (Å²) < 4.78 is 16.8. The van der Waals surface area contributed by atoms with E-state index in [1.807, 2.05) is 42.5 Å². The van der Waals surface area contributed by atoms with Gasteiger partial charge in [-0.1, -0.05) is 78.5 Å². The van der Waals surface area contributed by atoms with Crippen LogP contribution in [0.4, 0.5) is 4.79 Å². The fourth-order valence-electron chi connectivity index (χ4n) is 5.06. The molecule has 0 spiro atoms. The Balaban J connectivity index is 0.00000840. The van der Waals surface area contributed by atoms with Crippen LogP contribution in [-0.2, 0) is 14.3 Å². The van der Waals surface area contributed by atoms with Crippen LogP contribution in [-0.4, -0.2) is 43.7 Å². The van der Waals surface area contributed by atoms with Crippen LogP contribution in [0.2, 0.25) is 0 Å². The molecule has 0 aromatic heterocycles. The highest BCUT2D eigenvalue weighted by Gasteiger charge is 2.31. The topological polar surface area (TPSA) is 73.9 Å². The Bertz CT molecular complexity index is 1050. The summed E-state index contributed by atoms with van der Waals surface area (Å²) in [6.07, 6.45) is -1.07. The van der Waals surface area contributed by atoms with Crippen LogP contribution in [0.1, 0.15) is 61.4 Å². The molecule has 222 valence electrons. The van der Waals surface area contributed by atoms with E-state index in [0.29, 0.717) is 40.9 Å². The number of carbonyl (C=O) groups excluding carboxylic acids is 2. The SMILES string of the molecule is C=C(C)C(=O)OCCNC(=O)OC(COc1ccc(C(C(C)C)C(C(C)C)C(C)C)cc1)CSc1ccccc1.[HH]. The van der Waals surface area contributed by atoms with Crippen LogP contribution < -0.4 is 10.1 Å². The Morgan fingerprint density at radius 3 is 2.10 bits per heavy atom. The Hall–Kier alpha value is -2.93. The minimum atomic E-state index is -0.586. The van der Waals surface area contributed by atoms with Gasteiger partial charge in [-0.25, -0.2) is 9.59 Å². The van der Waals surface area contributed by atoms with Crippen LogP contribution >= 0.6 is 11.8 Å². The molecule has 40 heavy (non-hydrogen) atoms. The summed E-state index contributed by atoms with van der Waals surface area (Å²) in [6.45, 7) is 19.4. The summed E-state index contributed by atoms with van der Waals surface area (Å²) >= 11 is 1.60. The number of amides is 1. The van der Waals surface area contributed by atoms with Crippen molar-refractivity contribution in [1.82, 2.24) is 5.32 Å². The van der Waals surface area contributed by atoms with E-state index < -0.39 is 18.2 Å². The quantitative estimate of drug-likeness (QED) is 0.0953. The zero-order chi connectivity index (χ0) is 29.7. The smallest absolute Gasteiger partial charge is 0.407 e. The average Bonchev–Trinajstić information content (AvgIpc) is 2.91. The van der Waals surface area contributed by atoms with Crippen molar-refractivity contribution in [3.63, 3.8) is 0 Å². The van der Waals surface area contributed by atoms with Gasteiger partial charge in [-0.05, 0) is 66.3 Å². The maximum atomic E-state index is 12.5. The van der Waals surface area contributed by atoms with Crippen molar-refractivity contribution in [2.45, 2.75) is 65.4 Å². The van der Waals surface area contributed by atoms with Crippen molar-refractivity contribution in [2.75, 3.05) is 25.5 Å². The summed E-state index contributed by atoms with van der Waals surface area (Å²) in [5.74, 6) is 3.53. The van der Waals surface area contributed by atoms with E-state index in [-0.39, 0.29) is 21.2 Å². The summed E-state index contributed by atoms with van der Waals surface area (Å²) in [4.78, 5) is 25.0. The van der Waals surface area contributed by atoms with Crippen LogP contribution in [0.5, 0.6) is 5.75 Å². The van der Waals surface area contributed by atoms with Crippen molar-refractivity contribution in [3.05, 3.63) is 72.3 Å². The number of rotatable bonds is 16. The average molecular weight is 572 g/mol. The van der Waals surface area contributed by atoms with Crippen LogP contribution in [0.25, 0.3) is 0 Å². The minimum absolute atomic E-state index is 0. The molecule has 7 heteroatoms. The number of nitrogens with one attached hydrogen (secondary N) is 1. The van der Waals surface area contributed by atoms with E-state index in [0.717, 1.165) is 10.6 Å². The fourth-order valence-corrected chi connectivity index (χ4v) is 5.95. The lowest BCUT2D eigenvalue weighted by Gasteiger charge is -2.36. The molecule has 0 saturated carbocycles. The zero-order valence-corrected chi connectivity index (χ0v) is 26.0. The maximum Gasteiger partial charge on any atom is 0.407 e. The van der Waals surface area contributed by atoms with Gasteiger partial charge in [0.05, 0.1) is 6.54 Å². The molecule has 0 aliphatic carbocycles. The second-order valence-corrected chi connectivity index (χ2v) is 12.3. The molecule has 0 aliphatic heterocycles. The molecule has 2 rings (SSSR count). The molecule has 0 aliphatic rings. The number of hydrogen-bond donors (Lipinski definition) is 1. The number of benzene rings is 2. The summed E-state index contributed by atoms with van der Waals surface area (Å²) in [5, 5.41) is 2.63. The molecule has 2 atom stereocenters. The van der Waals surface area contributed by atoms with Gasteiger partial charge in [-0.2, -0.15) is 0 Å². The highest BCUT2D eigenvalue weighted by atomic mass is 32.2. The lowest BCUT2D eigenvalue weighted by atomic mass is 9.68. The predicted molar refractivity (Wildman–Crippen MR) is 166 cm³/mol. The van der Waals surface area contributed by atoms with Gasteiger partial charge in [0.15, 0.2) is 0 Å². The predicted octanol–water partition coefficient (Wildman–Crippen LogP) is 7.99. The van der Waals surface area contributed by atoms with Crippen molar-refractivity contribution >= 4 is 23.8 Å². The van der Waals surface area contributed by atoms with Crippen molar-refractivity contribution < 1.29 is 25.2 Å². The van der Waals surface area contributed by atoms with E-state index in [1.54, 1.807) is 18.7 Å². The van der Waals surface area contributed by atoms with Crippen molar-refractivity contribution in [1.29, 1.82) is 0 Å². The standard InChI is InChI=1S/C33H47NO5S.H2/c1-22(2)30(23(3)4)31(24(5)6)26-14-16-27(17-15-26)38-20-28(21-40-29-12-10-9-11-13-29)39-33(36)34-18-19-37-32(35)25(7)8;/h9-17,22-24,28,30-31H,7,18-21H2,1-6,8H3,(H,34,36);1H. The van der Waals surface area contributed by atoms with E-state index in [2.05, 4.69) is 65.6 Å². The summed E-state index contributed by atoms with van der Waals surface area (Å²) in [6, 6.07) is 18.3. The van der Waals surface area contributed by atoms with Gasteiger partial charge in [0.2, 0.25) is 0 Å². The first-order chi connectivity index (χ1) is 19.0. The van der Waals surface area contributed by atoms with Crippen molar-refractivity contribution in [2.24, 2.45) is 23.7 Å². The van der Waals surface area contributed by atoms with Gasteiger partial charge >= 0.3 is 12.1 Å². The molecule has 0 radical (unpaired) electrons. The van der Waals surface area contributed by atoms with E-state index in [9.17, 15) is 9.59 Å². The second kappa shape index (κ2) is 17.0. The van der Waals surface area contributed by atoms with Gasteiger partial charge in [0.25, 0.3) is 0 Å². The monoisotopic (exact) mass is 571 g/mol. The number of alkyl carbamates (subject to hydrolysis) is 1. The van der Waals surface area contributed by atoms with E-state index >= 15 is 0 Å². The molecule has 0 heterocycles. The molecule has 0 saturated heterocycles. The molecule has 6 nitrogen and oxygen atoms in total. The summed E-state index contributed by atoms with van der Waals surface area (Å²) in [7, 11) is 0. The van der Waals surface area contributed by atoms with Crippen LogP contribution in [0.15, 0.2) is 71.6 Å². The molecule has 2 aromatic carbocycles. The summed E-state index contributed by atoms with van der Waals surface area (Å²) in [5.41, 5.74) is 1.64. The largest absolute Gasteiger partial charge is 0.490 e. The molecule has 1 amide bonds. The third-order valence-electron chi connectivity index (χ3n) is 6.78. The van der Waals surface area contributed by atoms with Gasteiger partial charge in [0, 0.05) is 17.6 Å². The number of carbonyl (C=O) groups is 2. The number of ether oxygens (including phenoxy) is 3. The van der Waals surface area contributed by atoms with E-state index in [1.165, 1.54) is 5.56 Å². The van der Waals surface area contributed by atoms with Gasteiger partial charge in [-0.3, -0.25) is 0 Å². The lowest BCUT2D eigenvalue weighted by molar-refractivity contribution is -0.138. The van der Waals surface area contributed by atoms with Crippen molar-refractivity contribution in [3.8, 4) is 5.75 Å². The number of thioether (sulfide) groups is 1. The molecular weight excluding hydrogens is 522 g/mol. The maximum absolute atomic E-state index is 12.5. The zero-order valence-electron chi connectivity index (χ0n) is 25.1. The molecule has 0 fully saturated rings. The van der Waals surface area contributed by atoms with Gasteiger partial charge in [0.1, 0.15) is 25.1 Å². The highest BCUT2D eigenvalue weighted by Crippen LogP contribution is 2.41.